The Labute approximate surface area is 79.5 Å². The van der Waals surface area contributed by atoms with E-state index in [-0.39, 0.29) is 18.9 Å². The molecule has 6 heteroatoms. The van der Waals surface area contributed by atoms with Crippen LogP contribution >= 0.6 is 0 Å². The number of amides is 1. The quantitative estimate of drug-likeness (QED) is 0.686. The lowest BCUT2D eigenvalue weighted by Crippen LogP contribution is -2.26. The third kappa shape index (κ3) is 1.34. The highest BCUT2D eigenvalue weighted by Gasteiger charge is 2.35. The van der Waals surface area contributed by atoms with Gasteiger partial charge in [-0.05, 0) is 0 Å². The summed E-state index contributed by atoms with van der Waals surface area (Å²) >= 11 is 0. The Kier molecular flexibility index (Phi) is 1.95. The van der Waals surface area contributed by atoms with Crippen LogP contribution in [-0.4, -0.2) is 33.7 Å². The van der Waals surface area contributed by atoms with Crippen molar-refractivity contribution in [2.45, 2.75) is 6.42 Å². The monoisotopic (exact) mass is 195 g/mol. The molecule has 6 nitrogen and oxygen atoms in total. The number of carboxylic acid groups (broad SMARTS) is 1. The predicted octanol–water partition coefficient (Wildman–Crippen LogP) is -0.153. The minimum atomic E-state index is -0.930. The summed E-state index contributed by atoms with van der Waals surface area (Å²) < 4.78 is 0. The van der Waals surface area contributed by atoms with Crippen LogP contribution in [0.3, 0.4) is 0 Å². The normalized spacial score (nSPS) is 21.6. The lowest BCUT2D eigenvalue weighted by molar-refractivity contribution is -0.141. The summed E-state index contributed by atoms with van der Waals surface area (Å²) in [7, 11) is 0. The molecular weight excluding hydrogens is 186 g/mol. The number of carboxylic acids is 1. The number of nitrogens with one attached hydrogen (secondary N) is 1. The highest BCUT2D eigenvalue weighted by Crippen LogP contribution is 2.22. The highest BCUT2D eigenvalue weighted by atomic mass is 16.4. The van der Waals surface area contributed by atoms with E-state index >= 15 is 0 Å². The van der Waals surface area contributed by atoms with E-state index in [2.05, 4.69) is 10.2 Å². The number of carbonyl (C=O) groups excluding carboxylic acids is 1. The third-order valence-electron chi connectivity index (χ3n) is 2.25. The van der Waals surface area contributed by atoms with Gasteiger partial charge in [-0.1, -0.05) is 0 Å². The standard InChI is InChI=1S/C8H9N3O3/c12-7-3-5(8(13)14)4-11(7)6-1-2-9-10-6/h1-2,5H,3-4H2,(H,9,10)(H,13,14). The van der Waals surface area contributed by atoms with Crippen molar-refractivity contribution in [1.82, 2.24) is 10.2 Å². The smallest absolute Gasteiger partial charge is 0.308 e. The topological polar surface area (TPSA) is 86.3 Å². The Morgan fingerprint density at radius 2 is 2.50 bits per heavy atom. The van der Waals surface area contributed by atoms with E-state index < -0.39 is 11.9 Å². The molecule has 0 aromatic carbocycles. The molecule has 1 atom stereocenters. The second-order valence-corrected chi connectivity index (χ2v) is 3.19. The number of aromatic amines is 1. The minimum absolute atomic E-state index is 0.0638. The van der Waals surface area contributed by atoms with Crippen LogP contribution in [0.2, 0.25) is 0 Å². The maximum absolute atomic E-state index is 11.4. The first-order chi connectivity index (χ1) is 6.68. The minimum Gasteiger partial charge on any atom is -0.481 e. The van der Waals surface area contributed by atoms with Crippen molar-refractivity contribution in [2.24, 2.45) is 5.92 Å². The predicted molar refractivity (Wildman–Crippen MR) is 46.7 cm³/mol. The van der Waals surface area contributed by atoms with Crippen LogP contribution in [0.25, 0.3) is 0 Å². The average Bonchev–Trinajstić information content (AvgIpc) is 2.71. The number of carbonyl (C=O) groups is 2. The second kappa shape index (κ2) is 3.13. The van der Waals surface area contributed by atoms with Gasteiger partial charge in [0.25, 0.3) is 0 Å². The summed E-state index contributed by atoms with van der Waals surface area (Å²) in [5.41, 5.74) is 0. The van der Waals surface area contributed by atoms with Crippen LogP contribution in [-0.2, 0) is 9.59 Å². The van der Waals surface area contributed by atoms with Gasteiger partial charge >= 0.3 is 5.97 Å². The van der Waals surface area contributed by atoms with Crippen LogP contribution in [0.5, 0.6) is 0 Å². The molecule has 0 bridgehead atoms. The summed E-state index contributed by atoms with van der Waals surface area (Å²) in [6.07, 6.45) is 1.59. The van der Waals surface area contributed by atoms with Crippen LogP contribution in [0.1, 0.15) is 6.42 Å². The fraction of sp³-hybridized carbons (Fsp3) is 0.375. The zero-order valence-corrected chi connectivity index (χ0v) is 7.30. The summed E-state index contributed by atoms with van der Waals surface area (Å²) in [6.45, 7) is 0.219. The number of hydrogen-bond acceptors (Lipinski definition) is 3. The summed E-state index contributed by atoms with van der Waals surface area (Å²) in [4.78, 5) is 23.5. The van der Waals surface area contributed by atoms with Crippen molar-refractivity contribution in [1.29, 1.82) is 0 Å². The molecule has 2 N–H and O–H groups in total. The van der Waals surface area contributed by atoms with Gasteiger partial charge < -0.3 is 5.11 Å². The van der Waals surface area contributed by atoms with Crippen LogP contribution < -0.4 is 4.90 Å². The number of H-pyrrole nitrogens is 1. The van der Waals surface area contributed by atoms with E-state index in [4.69, 9.17) is 5.11 Å². The van der Waals surface area contributed by atoms with Gasteiger partial charge in [0.15, 0.2) is 0 Å². The second-order valence-electron chi connectivity index (χ2n) is 3.19. The molecule has 1 unspecified atom stereocenters. The fourth-order valence-corrected chi connectivity index (χ4v) is 1.50. The van der Waals surface area contributed by atoms with Crippen molar-refractivity contribution >= 4 is 17.7 Å². The molecule has 1 saturated heterocycles. The van der Waals surface area contributed by atoms with Crippen molar-refractivity contribution in [2.75, 3.05) is 11.4 Å². The number of hydrogen-bond donors (Lipinski definition) is 2. The molecule has 2 rings (SSSR count). The Bertz CT molecular complexity index is 360. The molecule has 74 valence electrons. The summed E-state index contributed by atoms with van der Waals surface area (Å²) in [5, 5.41) is 15.1. The maximum Gasteiger partial charge on any atom is 0.308 e. The molecule has 2 heterocycles. The van der Waals surface area contributed by atoms with E-state index in [0.29, 0.717) is 5.82 Å². The molecule has 1 aromatic heterocycles. The zero-order chi connectivity index (χ0) is 10.1. The molecular formula is C8H9N3O3. The Hall–Kier alpha value is -1.85. The molecule has 0 spiro atoms. The van der Waals surface area contributed by atoms with Gasteiger partial charge in [0.05, 0.1) is 12.1 Å². The molecule has 1 aliphatic heterocycles. The molecule has 0 aliphatic carbocycles. The van der Waals surface area contributed by atoms with Crippen LogP contribution in [0.15, 0.2) is 12.3 Å². The molecule has 0 radical (unpaired) electrons. The lowest BCUT2D eigenvalue weighted by atomic mass is 10.1. The van der Waals surface area contributed by atoms with Gasteiger partial charge in [-0.15, -0.1) is 0 Å². The first-order valence-corrected chi connectivity index (χ1v) is 4.21. The highest BCUT2D eigenvalue weighted by molar-refractivity contribution is 5.98. The van der Waals surface area contributed by atoms with E-state index in [1.54, 1.807) is 6.07 Å². The van der Waals surface area contributed by atoms with Gasteiger partial charge in [0.1, 0.15) is 5.82 Å². The van der Waals surface area contributed by atoms with Gasteiger partial charge in [-0.3, -0.25) is 19.6 Å². The lowest BCUT2D eigenvalue weighted by Gasteiger charge is -2.12. The summed E-state index contributed by atoms with van der Waals surface area (Å²) in [6, 6.07) is 1.64. The molecule has 0 saturated carbocycles. The first-order valence-electron chi connectivity index (χ1n) is 4.21. The molecule has 1 amide bonds. The summed E-state index contributed by atoms with van der Waals surface area (Å²) in [5.74, 6) is -1.16. The number of rotatable bonds is 2. The molecule has 1 aromatic rings. The van der Waals surface area contributed by atoms with Crippen molar-refractivity contribution < 1.29 is 14.7 Å². The number of nitrogens with zero attached hydrogens (tertiary/aromatic N) is 2. The zero-order valence-electron chi connectivity index (χ0n) is 7.30. The van der Waals surface area contributed by atoms with Crippen molar-refractivity contribution in [3.63, 3.8) is 0 Å². The average molecular weight is 195 g/mol. The first kappa shape index (κ1) is 8.74. The number of aromatic nitrogens is 2. The Balaban J connectivity index is 2.16. The van der Waals surface area contributed by atoms with Gasteiger partial charge in [-0.2, -0.15) is 5.10 Å². The van der Waals surface area contributed by atoms with E-state index in [1.807, 2.05) is 0 Å². The number of aliphatic carboxylic acids is 1. The third-order valence-corrected chi connectivity index (χ3v) is 2.25. The number of anilines is 1. The van der Waals surface area contributed by atoms with Crippen molar-refractivity contribution in [3.05, 3.63) is 12.3 Å². The molecule has 1 fully saturated rings. The maximum atomic E-state index is 11.4. The van der Waals surface area contributed by atoms with Crippen LogP contribution in [0.4, 0.5) is 5.82 Å². The van der Waals surface area contributed by atoms with Gasteiger partial charge in [0, 0.05) is 19.0 Å². The Morgan fingerprint density at radius 3 is 3.00 bits per heavy atom. The van der Waals surface area contributed by atoms with Gasteiger partial charge in [-0.25, -0.2) is 0 Å². The SMILES string of the molecule is O=C(O)C1CC(=O)N(c2ccn[nH]2)C1. The van der Waals surface area contributed by atoms with Crippen molar-refractivity contribution in [3.8, 4) is 0 Å². The van der Waals surface area contributed by atoms with E-state index in [0.717, 1.165) is 0 Å². The van der Waals surface area contributed by atoms with E-state index in [1.165, 1.54) is 11.1 Å². The van der Waals surface area contributed by atoms with E-state index in [9.17, 15) is 9.59 Å². The molecule has 1 aliphatic rings. The fourth-order valence-electron chi connectivity index (χ4n) is 1.50. The molecule has 14 heavy (non-hydrogen) atoms. The van der Waals surface area contributed by atoms with Gasteiger partial charge in [0.2, 0.25) is 5.91 Å². The largest absolute Gasteiger partial charge is 0.481 e. The Morgan fingerprint density at radius 1 is 1.71 bits per heavy atom. The van der Waals surface area contributed by atoms with Crippen LogP contribution in [0, 0.1) is 5.92 Å².